The quantitative estimate of drug-likeness (QED) is 0.816. The van der Waals surface area contributed by atoms with Gasteiger partial charge in [0.1, 0.15) is 25.0 Å². The Morgan fingerprint density at radius 1 is 1.15 bits per heavy atom. The van der Waals surface area contributed by atoms with Gasteiger partial charge in [0, 0.05) is 19.0 Å². The van der Waals surface area contributed by atoms with E-state index in [4.69, 9.17) is 0 Å². The lowest BCUT2D eigenvalue weighted by molar-refractivity contribution is 0.193. The van der Waals surface area contributed by atoms with Crippen molar-refractivity contribution < 1.29 is 0 Å². The molecule has 5 rings (SSSR count). The summed E-state index contributed by atoms with van der Waals surface area (Å²) in [5.41, 5.74) is 0. The highest BCUT2D eigenvalue weighted by atomic mass is 15.4. The van der Waals surface area contributed by atoms with Crippen LogP contribution in [0.1, 0.15) is 37.3 Å². The first-order valence-corrected chi connectivity index (χ1v) is 10.0. The number of aromatic nitrogens is 6. The largest absolute Gasteiger partial charge is 0.316 e. The van der Waals surface area contributed by atoms with Crippen LogP contribution in [0.4, 0.5) is 0 Å². The Hall–Kier alpha value is -1.80. The lowest BCUT2D eigenvalue weighted by Crippen LogP contribution is -2.36. The number of rotatable bonds is 6. The van der Waals surface area contributed by atoms with Gasteiger partial charge < -0.3 is 14.8 Å². The Bertz CT molecular complexity index is 720. The molecule has 1 N–H and O–H groups in total. The third kappa shape index (κ3) is 2.95. The van der Waals surface area contributed by atoms with Crippen molar-refractivity contribution in [1.82, 2.24) is 39.7 Å². The zero-order chi connectivity index (χ0) is 17.5. The molecule has 2 aromatic heterocycles. The Labute approximate surface area is 154 Å². The van der Waals surface area contributed by atoms with Gasteiger partial charge in [-0.05, 0) is 63.7 Å². The van der Waals surface area contributed by atoms with Crippen molar-refractivity contribution in [2.75, 3.05) is 32.7 Å². The molecule has 0 bridgehead atoms. The van der Waals surface area contributed by atoms with Crippen molar-refractivity contribution in [2.24, 2.45) is 17.8 Å². The van der Waals surface area contributed by atoms with Crippen molar-refractivity contribution in [3.8, 4) is 0 Å². The monoisotopic (exact) mass is 356 g/mol. The number of fused-ring (bicyclic) bond motifs is 1. The summed E-state index contributed by atoms with van der Waals surface area (Å²) in [6, 6.07) is 0. The molecule has 0 aromatic carbocycles. The predicted octanol–water partition coefficient (Wildman–Crippen LogP) is 0.583. The molecule has 3 atom stereocenters. The molecule has 0 radical (unpaired) electrons. The Kier molecular flexibility index (Phi) is 4.24. The van der Waals surface area contributed by atoms with Gasteiger partial charge in [0.05, 0.1) is 0 Å². The molecule has 0 amide bonds. The van der Waals surface area contributed by atoms with E-state index >= 15 is 0 Å². The topological polar surface area (TPSA) is 76.7 Å². The fraction of sp³-hybridized carbons (Fsp3) is 0.778. The molecule has 140 valence electrons. The summed E-state index contributed by atoms with van der Waals surface area (Å²) in [7, 11) is 0. The van der Waals surface area contributed by atoms with Crippen LogP contribution >= 0.6 is 0 Å². The second kappa shape index (κ2) is 6.74. The molecule has 2 aromatic rings. The highest BCUT2D eigenvalue weighted by Gasteiger charge is 2.52. The van der Waals surface area contributed by atoms with Gasteiger partial charge in [0.15, 0.2) is 5.82 Å². The summed E-state index contributed by atoms with van der Waals surface area (Å²) in [6.07, 6.45) is 5.69. The fourth-order valence-electron chi connectivity index (χ4n) is 5.06. The Morgan fingerprint density at radius 2 is 1.96 bits per heavy atom. The van der Waals surface area contributed by atoms with Gasteiger partial charge in [-0.15, -0.1) is 10.2 Å². The Balaban J connectivity index is 1.20. The summed E-state index contributed by atoms with van der Waals surface area (Å²) >= 11 is 0. The van der Waals surface area contributed by atoms with E-state index in [2.05, 4.69) is 42.0 Å². The van der Waals surface area contributed by atoms with Crippen LogP contribution in [0.15, 0.2) is 12.7 Å². The first-order chi connectivity index (χ1) is 12.8. The minimum absolute atomic E-state index is 0.531. The zero-order valence-electron chi connectivity index (χ0n) is 15.5. The van der Waals surface area contributed by atoms with E-state index < -0.39 is 0 Å². The molecule has 26 heavy (non-hydrogen) atoms. The van der Waals surface area contributed by atoms with Gasteiger partial charge >= 0.3 is 0 Å². The van der Waals surface area contributed by atoms with Gasteiger partial charge in [-0.2, -0.15) is 5.10 Å². The molecular formula is C18H28N8. The molecule has 2 aliphatic heterocycles. The molecule has 2 saturated heterocycles. The van der Waals surface area contributed by atoms with Gasteiger partial charge in [0.2, 0.25) is 0 Å². The minimum atomic E-state index is 0.531. The molecule has 1 saturated carbocycles. The number of piperidine rings is 2. The van der Waals surface area contributed by atoms with Crippen molar-refractivity contribution >= 4 is 0 Å². The molecule has 8 heteroatoms. The van der Waals surface area contributed by atoms with Crippen molar-refractivity contribution in [3.05, 3.63) is 24.3 Å². The van der Waals surface area contributed by atoms with Crippen LogP contribution in [-0.4, -0.2) is 67.2 Å². The second-order valence-corrected chi connectivity index (χ2v) is 8.04. The number of likely N-dealkylation sites (tertiary alicyclic amines) is 1. The third-order valence-electron chi connectivity index (χ3n) is 6.63. The molecule has 8 nitrogen and oxygen atoms in total. The standard InChI is InChI=1S/C18H28N8/c1-2-26-17(10-25-12-20-11-21-25)22-23-18(26)13-3-5-24(6-4-13)9-16-14-7-19-8-15(14)16/h11-16,19H,2-10H2,1H3/t14-,15+,16?. The van der Waals surface area contributed by atoms with Gasteiger partial charge in [0.25, 0.3) is 0 Å². The molecule has 3 aliphatic rings. The zero-order valence-corrected chi connectivity index (χ0v) is 15.5. The van der Waals surface area contributed by atoms with E-state index in [1.165, 1.54) is 45.6 Å². The van der Waals surface area contributed by atoms with E-state index in [1.807, 2.05) is 4.68 Å². The molecule has 4 heterocycles. The molecular weight excluding hydrogens is 328 g/mol. The maximum atomic E-state index is 4.56. The summed E-state index contributed by atoms with van der Waals surface area (Å²) in [5.74, 6) is 5.57. The molecule has 1 aliphatic carbocycles. The van der Waals surface area contributed by atoms with E-state index in [-0.39, 0.29) is 0 Å². The van der Waals surface area contributed by atoms with E-state index in [0.717, 1.165) is 35.9 Å². The first kappa shape index (κ1) is 16.4. The summed E-state index contributed by atoms with van der Waals surface area (Å²) < 4.78 is 4.09. The first-order valence-electron chi connectivity index (χ1n) is 10.0. The van der Waals surface area contributed by atoms with Crippen LogP contribution in [0.2, 0.25) is 0 Å². The van der Waals surface area contributed by atoms with Crippen molar-refractivity contribution in [2.45, 2.75) is 38.8 Å². The average Bonchev–Trinajstić information content (AvgIpc) is 3.18. The smallest absolute Gasteiger partial charge is 0.154 e. The lowest BCUT2D eigenvalue weighted by atomic mass is 9.95. The van der Waals surface area contributed by atoms with Gasteiger partial charge in [-0.3, -0.25) is 0 Å². The van der Waals surface area contributed by atoms with Crippen LogP contribution in [0, 0.1) is 17.8 Å². The van der Waals surface area contributed by atoms with Gasteiger partial charge in [-0.25, -0.2) is 9.67 Å². The Morgan fingerprint density at radius 3 is 2.65 bits per heavy atom. The summed E-state index contributed by atoms with van der Waals surface area (Å²) in [5, 5.41) is 16.7. The highest BCUT2D eigenvalue weighted by Crippen LogP contribution is 2.49. The maximum Gasteiger partial charge on any atom is 0.154 e. The van der Waals surface area contributed by atoms with E-state index in [9.17, 15) is 0 Å². The van der Waals surface area contributed by atoms with Crippen LogP contribution in [0.3, 0.4) is 0 Å². The second-order valence-electron chi connectivity index (χ2n) is 8.04. The SMILES string of the molecule is CCn1c(Cn2cncn2)nnc1C1CCN(CC2[C@H]3CNC[C@@H]23)CC1. The number of nitrogens with zero attached hydrogens (tertiary/aromatic N) is 7. The van der Waals surface area contributed by atoms with Crippen LogP contribution in [0.25, 0.3) is 0 Å². The molecule has 0 spiro atoms. The maximum absolute atomic E-state index is 4.56. The number of hydrogen-bond donors (Lipinski definition) is 1. The number of nitrogens with one attached hydrogen (secondary N) is 1. The molecule has 3 fully saturated rings. The van der Waals surface area contributed by atoms with Crippen LogP contribution in [0.5, 0.6) is 0 Å². The minimum Gasteiger partial charge on any atom is -0.316 e. The van der Waals surface area contributed by atoms with E-state index in [0.29, 0.717) is 12.5 Å². The van der Waals surface area contributed by atoms with Crippen molar-refractivity contribution in [3.63, 3.8) is 0 Å². The number of hydrogen-bond acceptors (Lipinski definition) is 6. The van der Waals surface area contributed by atoms with Gasteiger partial charge in [-0.1, -0.05) is 0 Å². The normalized spacial score (nSPS) is 29.2. The van der Waals surface area contributed by atoms with Crippen LogP contribution < -0.4 is 5.32 Å². The lowest BCUT2D eigenvalue weighted by Gasteiger charge is -2.32. The summed E-state index contributed by atoms with van der Waals surface area (Å²) in [4.78, 5) is 6.70. The average molecular weight is 356 g/mol. The van der Waals surface area contributed by atoms with Crippen molar-refractivity contribution in [1.29, 1.82) is 0 Å². The van der Waals surface area contributed by atoms with Crippen LogP contribution in [-0.2, 0) is 13.1 Å². The third-order valence-corrected chi connectivity index (χ3v) is 6.63. The van der Waals surface area contributed by atoms with E-state index in [1.54, 1.807) is 12.7 Å². The summed E-state index contributed by atoms with van der Waals surface area (Å²) in [6.45, 7) is 9.92. The highest BCUT2D eigenvalue weighted by molar-refractivity contribution is 5.07. The fourth-order valence-corrected chi connectivity index (χ4v) is 5.06. The predicted molar refractivity (Wildman–Crippen MR) is 96.6 cm³/mol. The molecule has 1 unspecified atom stereocenters.